The van der Waals surface area contributed by atoms with Crippen molar-refractivity contribution in [2.45, 2.75) is 44.8 Å². The largest absolute Gasteiger partial charge is 0.371 e. The van der Waals surface area contributed by atoms with E-state index < -0.39 is 0 Å². The van der Waals surface area contributed by atoms with Gasteiger partial charge in [0.05, 0.1) is 11.7 Å². The maximum Gasteiger partial charge on any atom is 0.0690 e. The maximum atomic E-state index is 6.05. The van der Waals surface area contributed by atoms with Crippen LogP contribution in [-0.2, 0) is 4.74 Å². The lowest BCUT2D eigenvalue weighted by atomic mass is 9.80. The summed E-state index contributed by atoms with van der Waals surface area (Å²) < 4.78 is 6.05. The van der Waals surface area contributed by atoms with E-state index in [2.05, 4.69) is 13.8 Å². The second-order valence-electron chi connectivity index (χ2n) is 4.96. The van der Waals surface area contributed by atoms with Crippen molar-refractivity contribution in [1.82, 2.24) is 0 Å². The Hall–Kier alpha value is -0.0400. The topological polar surface area (TPSA) is 9.23 Å². The fourth-order valence-corrected chi connectivity index (χ4v) is 3.58. The molecule has 2 aliphatic carbocycles. The average Bonchev–Trinajstić information content (AvgIpc) is 2.31. The molecule has 0 spiro atoms. The van der Waals surface area contributed by atoms with E-state index in [1.54, 1.807) is 0 Å². The van der Waals surface area contributed by atoms with Crippen molar-refractivity contribution in [1.29, 1.82) is 0 Å². The molecule has 4 aliphatic rings. The van der Waals surface area contributed by atoms with Crippen LogP contribution >= 0.6 is 0 Å². The van der Waals surface area contributed by atoms with Gasteiger partial charge >= 0.3 is 0 Å². The fraction of sp³-hybridized carbons (Fsp3) is 1.00. The van der Waals surface area contributed by atoms with Crippen LogP contribution in [0.2, 0.25) is 0 Å². The highest BCUT2D eigenvalue weighted by Gasteiger charge is 2.59. The Bertz CT molecular complexity index is 183. The molecule has 0 aromatic heterocycles. The van der Waals surface area contributed by atoms with E-state index in [0.29, 0.717) is 11.7 Å². The third kappa shape index (κ3) is 0.618. The highest BCUT2D eigenvalue weighted by atomic mass is 16.5. The molecule has 11 heavy (non-hydrogen) atoms. The van der Waals surface area contributed by atoms with Crippen LogP contribution in [-0.4, -0.2) is 11.7 Å². The number of hydrogen-bond acceptors (Lipinski definition) is 1. The lowest BCUT2D eigenvalue weighted by Gasteiger charge is -2.35. The summed E-state index contributed by atoms with van der Waals surface area (Å²) in [7, 11) is 0. The highest BCUT2D eigenvalue weighted by molar-refractivity contribution is 5.08. The summed E-state index contributed by atoms with van der Waals surface area (Å²) in [6.45, 7) is 4.69. The van der Waals surface area contributed by atoms with Gasteiger partial charge in [-0.25, -0.2) is 0 Å². The Kier molecular flexibility index (Phi) is 0.976. The van der Waals surface area contributed by atoms with Gasteiger partial charge in [0, 0.05) is 0 Å². The minimum Gasteiger partial charge on any atom is -0.371 e. The Balaban J connectivity index is 2.02. The predicted octanol–water partition coefficient (Wildman–Crippen LogP) is 2.21. The predicted molar refractivity (Wildman–Crippen MR) is 43.3 cm³/mol. The summed E-state index contributed by atoms with van der Waals surface area (Å²) in [4.78, 5) is 0. The fourth-order valence-electron chi connectivity index (χ4n) is 3.58. The second-order valence-corrected chi connectivity index (χ2v) is 4.96. The third-order valence-electron chi connectivity index (χ3n) is 4.39. The molecule has 2 saturated carbocycles. The molecule has 2 aliphatic heterocycles. The molecule has 62 valence electrons. The van der Waals surface area contributed by atoms with E-state index in [0.717, 1.165) is 17.8 Å². The molecule has 1 heteroatoms. The Morgan fingerprint density at radius 3 is 2.82 bits per heavy atom. The smallest absolute Gasteiger partial charge is 0.0690 e. The molecular formula is C10H16O. The van der Waals surface area contributed by atoms with Gasteiger partial charge in [-0.2, -0.15) is 0 Å². The lowest BCUT2D eigenvalue weighted by Crippen LogP contribution is -2.35. The Morgan fingerprint density at radius 2 is 2.18 bits per heavy atom. The van der Waals surface area contributed by atoms with Gasteiger partial charge in [0.25, 0.3) is 0 Å². The first-order valence-electron chi connectivity index (χ1n) is 4.87. The zero-order valence-corrected chi connectivity index (χ0v) is 7.34. The van der Waals surface area contributed by atoms with Gasteiger partial charge in [-0.15, -0.1) is 0 Å². The molecule has 2 heterocycles. The second kappa shape index (κ2) is 1.66. The normalized spacial score (nSPS) is 66.0. The molecule has 4 rings (SSSR count). The van der Waals surface area contributed by atoms with E-state index in [4.69, 9.17) is 4.74 Å². The van der Waals surface area contributed by atoms with Crippen LogP contribution in [0.1, 0.15) is 33.1 Å². The van der Waals surface area contributed by atoms with Crippen LogP contribution in [0.5, 0.6) is 0 Å². The first-order chi connectivity index (χ1) is 5.19. The van der Waals surface area contributed by atoms with E-state index >= 15 is 0 Å². The van der Waals surface area contributed by atoms with Gasteiger partial charge in [-0.05, 0) is 43.9 Å². The van der Waals surface area contributed by atoms with E-state index in [1.165, 1.54) is 19.3 Å². The first-order valence-corrected chi connectivity index (χ1v) is 4.87. The number of rotatable bonds is 0. The molecule has 0 N–H and O–H groups in total. The molecule has 4 bridgehead atoms. The van der Waals surface area contributed by atoms with Crippen molar-refractivity contribution in [2.24, 2.45) is 17.8 Å². The van der Waals surface area contributed by atoms with Crippen LogP contribution in [0.4, 0.5) is 0 Å². The van der Waals surface area contributed by atoms with Crippen molar-refractivity contribution in [3.63, 3.8) is 0 Å². The van der Waals surface area contributed by atoms with Crippen LogP contribution in [0.25, 0.3) is 0 Å². The van der Waals surface area contributed by atoms with Crippen LogP contribution in [0, 0.1) is 17.8 Å². The van der Waals surface area contributed by atoms with Crippen LogP contribution in [0.15, 0.2) is 0 Å². The molecule has 0 radical (unpaired) electrons. The molecule has 5 atom stereocenters. The quantitative estimate of drug-likeness (QED) is 0.517. The highest BCUT2D eigenvalue weighted by Crippen LogP contribution is 2.59. The molecule has 0 aromatic carbocycles. The van der Waals surface area contributed by atoms with Gasteiger partial charge in [-0.1, -0.05) is 6.92 Å². The standard InChI is InChI=1S/C10H16O/c1-6-7-3-8-4-9(6)11-10(8,2)5-7/h6-9H,3-5H2,1-2H3/t6-,7-,8-,9-,10-/m0/s1. The van der Waals surface area contributed by atoms with Gasteiger partial charge in [0.1, 0.15) is 0 Å². The molecule has 0 unspecified atom stereocenters. The Morgan fingerprint density at radius 1 is 1.36 bits per heavy atom. The van der Waals surface area contributed by atoms with Gasteiger partial charge in [-0.3, -0.25) is 0 Å². The monoisotopic (exact) mass is 152 g/mol. The minimum absolute atomic E-state index is 0.307. The molecule has 0 aromatic rings. The molecule has 4 fully saturated rings. The Labute approximate surface area is 68.1 Å². The van der Waals surface area contributed by atoms with Crippen molar-refractivity contribution in [3.05, 3.63) is 0 Å². The summed E-state index contributed by atoms with van der Waals surface area (Å²) >= 11 is 0. The zero-order valence-electron chi connectivity index (χ0n) is 7.34. The van der Waals surface area contributed by atoms with Gasteiger partial charge in [0.2, 0.25) is 0 Å². The summed E-state index contributed by atoms with van der Waals surface area (Å²) in [5.74, 6) is 2.76. The van der Waals surface area contributed by atoms with Crippen molar-refractivity contribution in [2.75, 3.05) is 0 Å². The third-order valence-corrected chi connectivity index (χ3v) is 4.39. The van der Waals surface area contributed by atoms with E-state index in [1.807, 2.05) is 0 Å². The number of ether oxygens (including phenoxy) is 1. The molecule has 1 nitrogen and oxygen atoms in total. The van der Waals surface area contributed by atoms with Crippen molar-refractivity contribution in [3.8, 4) is 0 Å². The maximum absolute atomic E-state index is 6.05. The number of hydrogen-bond donors (Lipinski definition) is 0. The van der Waals surface area contributed by atoms with Gasteiger partial charge in [0.15, 0.2) is 0 Å². The molecule has 2 saturated heterocycles. The summed E-state index contributed by atoms with van der Waals surface area (Å²) in [6.07, 6.45) is 4.77. The van der Waals surface area contributed by atoms with Crippen molar-refractivity contribution >= 4 is 0 Å². The lowest BCUT2D eigenvalue weighted by molar-refractivity contribution is -0.0954. The van der Waals surface area contributed by atoms with Crippen molar-refractivity contribution < 1.29 is 4.74 Å². The summed E-state index contributed by atoms with van der Waals surface area (Å²) in [5.41, 5.74) is 0.307. The average molecular weight is 152 g/mol. The SMILES string of the molecule is C[C@H]1[C@H]2C[C@H]3C[C@@H]1O[C@@]3(C)C2. The van der Waals surface area contributed by atoms with Crippen LogP contribution < -0.4 is 0 Å². The summed E-state index contributed by atoms with van der Waals surface area (Å²) in [5, 5.41) is 0. The van der Waals surface area contributed by atoms with Gasteiger partial charge < -0.3 is 4.74 Å². The molecule has 0 amide bonds. The first kappa shape index (κ1) is 6.47. The van der Waals surface area contributed by atoms with E-state index in [-0.39, 0.29) is 0 Å². The minimum atomic E-state index is 0.307. The summed E-state index contributed by atoms with van der Waals surface area (Å²) in [6, 6.07) is 0. The van der Waals surface area contributed by atoms with Crippen LogP contribution in [0.3, 0.4) is 0 Å². The molecular weight excluding hydrogens is 136 g/mol. The van der Waals surface area contributed by atoms with E-state index in [9.17, 15) is 0 Å². The zero-order chi connectivity index (χ0) is 7.64.